The van der Waals surface area contributed by atoms with Crippen LogP contribution in [0.5, 0.6) is 0 Å². The van der Waals surface area contributed by atoms with E-state index in [4.69, 9.17) is 5.26 Å². The van der Waals surface area contributed by atoms with Gasteiger partial charge < -0.3 is 10.6 Å². The van der Waals surface area contributed by atoms with Crippen molar-refractivity contribution in [1.29, 1.82) is 5.26 Å². The first-order chi connectivity index (χ1) is 11.2. The maximum absolute atomic E-state index is 11.7. The minimum Gasteiger partial charge on any atom is -0.350 e. The van der Waals surface area contributed by atoms with Gasteiger partial charge in [0.05, 0.1) is 24.6 Å². The van der Waals surface area contributed by atoms with Crippen LogP contribution in [0, 0.1) is 11.3 Å². The minimum atomic E-state index is -0.270. The molecule has 0 spiro atoms. The third-order valence-corrected chi connectivity index (χ3v) is 3.20. The van der Waals surface area contributed by atoms with Crippen molar-refractivity contribution in [2.24, 2.45) is 0 Å². The Labute approximate surface area is 134 Å². The first kappa shape index (κ1) is 16.2. The quantitative estimate of drug-likeness (QED) is 0.849. The second-order valence-corrected chi connectivity index (χ2v) is 5.03. The van der Waals surface area contributed by atoms with Gasteiger partial charge >= 0.3 is 0 Å². The van der Waals surface area contributed by atoms with Crippen LogP contribution in [-0.4, -0.2) is 18.4 Å². The number of hydrogen-bond acceptors (Lipinski definition) is 3. The number of benzene rings is 2. The molecule has 0 radical (unpaired) electrons. The van der Waals surface area contributed by atoms with E-state index in [1.54, 1.807) is 18.2 Å². The van der Waals surface area contributed by atoms with Crippen LogP contribution in [0.4, 0.5) is 0 Å². The molecule has 116 valence electrons. The van der Waals surface area contributed by atoms with E-state index in [2.05, 4.69) is 10.6 Å². The molecule has 2 amide bonds. The van der Waals surface area contributed by atoms with Gasteiger partial charge in [-0.25, -0.2) is 0 Å². The first-order valence-electron chi connectivity index (χ1n) is 7.24. The van der Waals surface area contributed by atoms with Gasteiger partial charge in [0, 0.05) is 6.54 Å². The van der Waals surface area contributed by atoms with Gasteiger partial charge in [0.25, 0.3) is 0 Å². The summed E-state index contributed by atoms with van der Waals surface area (Å²) in [5, 5.41) is 14.1. The lowest BCUT2D eigenvalue weighted by Gasteiger charge is -2.07. The molecule has 2 N–H and O–H groups in total. The molecular weight excluding hydrogens is 290 g/mol. The zero-order valence-electron chi connectivity index (χ0n) is 12.6. The molecule has 5 nitrogen and oxygen atoms in total. The van der Waals surface area contributed by atoms with E-state index >= 15 is 0 Å². The molecule has 0 aliphatic rings. The van der Waals surface area contributed by atoms with E-state index in [1.807, 2.05) is 42.5 Å². The van der Waals surface area contributed by atoms with E-state index < -0.39 is 0 Å². The van der Waals surface area contributed by atoms with Crippen LogP contribution in [0.2, 0.25) is 0 Å². The Morgan fingerprint density at radius 1 is 0.913 bits per heavy atom. The smallest absolute Gasteiger partial charge is 0.239 e. The summed E-state index contributed by atoms with van der Waals surface area (Å²) in [7, 11) is 0. The zero-order valence-corrected chi connectivity index (χ0v) is 12.6. The van der Waals surface area contributed by atoms with Gasteiger partial charge in [-0.15, -0.1) is 0 Å². The Bertz CT molecular complexity index is 721. The Hall–Kier alpha value is -3.13. The van der Waals surface area contributed by atoms with Crippen molar-refractivity contribution in [3.05, 3.63) is 71.3 Å². The highest BCUT2D eigenvalue weighted by Gasteiger charge is 2.06. The molecular formula is C18H17N3O2. The molecule has 2 aromatic carbocycles. The van der Waals surface area contributed by atoms with Crippen molar-refractivity contribution >= 4 is 11.8 Å². The lowest BCUT2D eigenvalue weighted by atomic mass is 10.1. The fourth-order valence-electron chi connectivity index (χ4n) is 2.04. The van der Waals surface area contributed by atoms with Crippen LogP contribution < -0.4 is 10.6 Å². The largest absolute Gasteiger partial charge is 0.350 e. The lowest BCUT2D eigenvalue weighted by molar-refractivity contribution is -0.125. The van der Waals surface area contributed by atoms with Gasteiger partial charge in [-0.1, -0.05) is 42.5 Å². The molecule has 0 fully saturated rings. The molecule has 0 atom stereocenters. The molecule has 0 saturated heterocycles. The number of nitrogens with zero attached hydrogens (tertiary/aromatic N) is 1. The van der Waals surface area contributed by atoms with Gasteiger partial charge in [-0.2, -0.15) is 5.26 Å². The summed E-state index contributed by atoms with van der Waals surface area (Å²) in [6.45, 7) is 0.256. The van der Waals surface area contributed by atoms with Crippen molar-refractivity contribution in [2.75, 3.05) is 6.54 Å². The summed E-state index contributed by atoms with van der Waals surface area (Å²) >= 11 is 0. The van der Waals surface area contributed by atoms with Crippen LogP contribution in [-0.2, 0) is 22.6 Å². The molecule has 0 heterocycles. The predicted molar refractivity (Wildman–Crippen MR) is 86.2 cm³/mol. The Morgan fingerprint density at radius 2 is 1.65 bits per heavy atom. The van der Waals surface area contributed by atoms with E-state index in [0.29, 0.717) is 12.1 Å². The van der Waals surface area contributed by atoms with E-state index in [1.165, 1.54) is 0 Å². The van der Waals surface area contributed by atoms with Crippen LogP contribution in [0.3, 0.4) is 0 Å². The van der Waals surface area contributed by atoms with Crippen molar-refractivity contribution in [1.82, 2.24) is 10.6 Å². The predicted octanol–water partition coefficient (Wildman–Crippen LogP) is 1.53. The lowest BCUT2D eigenvalue weighted by Crippen LogP contribution is -2.37. The van der Waals surface area contributed by atoms with Gasteiger partial charge in [0.2, 0.25) is 11.8 Å². The number of nitriles is 1. The maximum Gasteiger partial charge on any atom is 0.239 e. The fourth-order valence-corrected chi connectivity index (χ4v) is 2.04. The summed E-state index contributed by atoms with van der Waals surface area (Å²) in [5.41, 5.74) is 2.29. The topological polar surface area (TPSA) is 82.0 Å². The Balaban J connectivity index is 1.72. The third kappa shape index (κ3) is 5.64. The summed E-state index contributed by atoms with van der Waals surface area (Å²) in [4.78, 5) is 23.5. The van der Waals surface area contributed by atoms with Gasteiger partial charge in [-0.05, 0) is 23.3 Å². The second-order valence-electron chi connectivity index (χ2n) is 5.03. The first-order valence-corrected chi connectivity index (χ1v) is 7.24. The highest BCUT2D eigenvalue weighted by molar-refractivity contribution is 5.85. The van der Waals surface area contributed by atoms with Crippen molar-refractivity contribution < 1.29 is 9.59 Å². The molecule has 0 aromatic heterocycles. The molecule has 0 saturated carbocycles. The van der Waals surface area contributed by atoms with E-state index in [0.717, 1.165) is 11.1 Å². The molecule has 0 aliphatic heterocycles. The van der Waals surface area contributed by atoms with Crippen molar-refractivity contribution in [3.63, 3.8) is 0 Å². The Morgan fingerprint density at radius 3 is 2.39 bits per heavy atom. The highest BCUT2D eigenvalue weighted by atomic mass is 16.2. The SMILES string of the molecule is N#Cc1cccc(CNC(=O)CNC(=O)Cc2ccccc2)c1. The van der Waals surface area contributed by atoms with E-state index in [9.17, 15) is 9.59 Å². The Kier molecular flexibility index (Phi) is 5.89. The van der Waals surface area contributed by atoms with Gasteiger partial charge in [0.1, 0.15) is 0 Å². The van der Waals surface area contributed by atoms with Crippen LogP contribution in [0.25, 0.3) is 0 Å². The average molecular weight is 307 g/mol. The monoisotopic (exact) mass is 307 g/mol. The second kappa shape index (κ2) is 8.35. The molecule has 2 aromatic rings. The van der Waals surface area contributed by atoms with Crippen molar-refractivity contribution in [3.8, 4) is 6.07 Å². The number of carbonyl (C=O) groups excluding carboxylic acids is 2. The van der Waals surface area contributed by atoms with Crippen LogP contribution >= 0.6 is 0 Å². The minimum absolute atomic E-state index is 0.0659. The number of nitrogens with one attached hydrogen (secondary N) is 2. The highest BCUT2D eigenvalue weighted by Crippen LogP contribution is 2.03. The number of carbonyl (C=O) groups is 2. The summed E-state index contributed by atoms with van der Waals surface area (Å²) in [6.07, 6.45) is 0.248. The molecule has 0 aliphatic carbocycles. The summed E-state index contributed by atoms with van der Waals surface area (Å²) < 4.78 is 0. The summed E-state index contributed by atoms with van der Waals surface area (Å²) in [5.74, 6) is -0.466. The normalized spacial score (nSPS) is 9.70. The molecule has 0 unspecified atom stereocenters. The van der Waals surface area contributed by atoms with Gasteiger partial charge in [-0.3, -0.25) is 9.59 Å². The van der Waals surface area contributed by atoms with Crippen LogP contribution in [0.15, 0.2) is 54.6 Å². The van der Waals surface area contributed by atoms with Gasteiger partial charge in [0.15, 0.2) is 0 Å². The molecule has 5 heteroatoms. The molecule has 2 rings (SSSR count). The average Bonchev–Trinajstić information content (AvgIpc) is 2.59. The number of hydrogen-bond donors (Lipinski definition) is 2. The van der Waals surface area contributed by atoms with Crippen LogP contribution in [0.1, 0.15) is 16.7 Å². The standard InChI is InChI=1S/C18H17N3O2/c19-11-15-7-4-8-16(9-15)12-20-18(23)13-21-17(22)10-14-5-2-1-3-6-14/h1-9H,10,12-13H2,(H,20,23)(H,21,22). The number of amides is 2. The fraction of sp³-hybridized carbons (Fsp3) is 0.167. The zero-order chi connectivity index (χ0) is 16.5. The number of rotatable bonds is 6. The summed E-state index contributed by atoms with van der Waals surface area (Å²) in [6, 6.07) is 18.4. The van der Waals surface area contributed by atoms with E-state index in [-0.39, 0.29) is 24.8 Å². The maximum atomic E-state index is 11.7. The molecule has 23 heavy (non-hydrogen) atoms. The molecule has 0 bridgehead atoms. The third-order valence-electron chi connectivity index (χ3n) is 3.20. The van der Waals surface area contributed by atoms with Crippen molar-refractivity contribution in [2.45, 2.75) is 13.0 Å².